The maximum Gasteiger partial charge on any atom is 0.253 e. The van der Waals surface area contributed by atoms with Gasteiger partial charge in [0.15, 0.2) is 0 Å². The normalized spacial score (nSPS) is 25.6. The predicted octanol–water partition coefficient (Wildman–Crippen LogP) is 5.92. The van der Waals surface area contributed by atoms with Crippen LogP contribution >= 0.6 is 15.9 Å². The minimum Gasteiger partial charge on any atom is -0.494 e. The molecule has 0 radical (unpaired) electrons. The van der Waals surface area contributed by atoms with Gasteiger partial charge in [-0.1, -0.05) is 76.6 Å². The summed E-state index contributed by atoms with van der Waals surface area (Å²) in [5.74, 6) is -2.24. The zero-order chi connectivity index (χ0) is 35.7. The SMILES string of the molecule is C=CCN(C(=O)[C@H]1[C@H]2C(=O)N([C@H](CO)c3ccccc3)C(C(=O)N(CC=C)c3c(C)cccc3C)C23CC(Br)[C@@H]1O3)c1ccc(OCC)cc1. The van der Waals surface area contributed by atoms with E-state index in [1.165, 1.54) is 4.90 Å². The number of hydrogen-bond donors (Lipinski definition) is 1. The van der Waals surface area contributed by atoms with Crippen LogP contribution in [-0.4, -0.2) is 76.6 Å². The summed E-state index contributed by atoms with van der Waals surface area (Å²) in [5.41, 5.74) is 2.48. The third-order valence-corrected chi connectivity index (χ3v) is 11.1. The Morgan fingerprint density at radius 3 is 2.24 bits per heavy atom. The lowest BCUT2D eigenvalue weighted by molar-refractivity contribution is -0.144. The molecule has 3 aliphatic rings. The lowest BCUT2D eigenvalue weighted by atomic mass is 9.70. The Balaban J connectivity index is 1.49. The molecule has 1 N–H and O–H groups in total. The van der Waals surface area contributed by atoms with Crippen molar-refractivity contribution >= 4 is 45.0 Å². The highest BCUT2D eigenvalue weighted by Gasteiger charge is 2.77. The Kier molecular flexibility index (Phi) is 10.3. The van der Waals surface area contributed by atoms with E-state index in [-0.39, 0.29) is 29.7 Å². The molecule has 6 rings (SSSR count). The van der Waals surface area contributed by atoms with Gasteiger partial charge < -0.3 is 29.3 Å². The fraction of sp³-hybridized carbons (Fsp3) is 0.375. The minimum atomic E-state index is -1.34. The highest BCUT2D eigenvalue weighted by atomic mass is 79.9. The fourth-order valence-electron chi connectivity index (χ4n) is 8.31. The first kappa shape index (κ1) is 35.6. The van der Waals surface area contributed by atoms with Crippen LogP contribution in [-0.2, 0) is 19.1 Å². The molecule has 3 unspecified atom stereocenters. The van der Waals surface area contributed by atoms with Gasteiger partial charge in [-0.15, -0.1) is 13.2 Å². The number of likely N-dealkylation sites (tertiary alicyclic amines) is 1. The summed E-state index contributed by atoms with van der Waals surface area (Å²) in [5, 5.41) is 10.9. The van der Waals surface area contributed by atoms with E-state index >= 15 is 9.59 Å². The molecule has 1 spiro atoms. The molecular weight excluding hydrogens is 698 g/mol. The summed E-state index contributed by atoms with van der Waals surface area (Å²) < 4.78 is 12.5. The maximum atomic E-state index is 15.3. The highest BCUT2D eigenvalue weighted by molar-refractivity contribution is 9.09. The molecule has 2 bridgehead atoms. The quantitative estimate of drug-likeness (QED) is 0.173. The monoisotopic (exact) mass is 741 g/mol. The first-order valence-corrected chi connectivity index (χ1v) is 18.0. The van der Waals surface area contributed by atoms with Gasteiger partial charge in [-0.3, -0.25) is 14.4 Å². The number of para-hydroxylation sites is 1. The van der Waals surface area contributed by atoms with E-state index in [0.29, 0.717) is 30.0 Å². The molecule has 0 aromatic heterocycles. The van der Waals surface area contributed by atoms with Crippen LogP contribution in [0.2, 0.25) is 0 Å². The van der Waals surface area contributed by atoms with Crippen LogP contribution in [0, 0.1) is 25.7 Å². The van der Waals surface area contributed by atoms with E-state index in [0.717, 1.165) is 16.8 Å². The number of carbonyl (C=O) groups is 3. The second-order valence-corrected chi connectivity index (χ2v) is 14.3. The Bertz CT molecular complexity index is 1750. The highest BCUT2D eigenvalue weighted by Crippen LogP contribution is 2.62. The standard InChI is InChI=1S/C40H44BrN3O6/c1-6-21-42(28-17-19-29(20-18-28)49-8-3)37(46)32-33-38(47)44(31(24-45)27-15-10-9-11-16-27)36(40(33)23-30(41)35(32)50-40)39(48)43(22-7-2)34-25(4)13-12-14-26(34)5/h6-7,9-20,30-33,35-36,45H,1-2,8,21-24H2,3-5H3/t30?,31-,32+,33+,35+,36?,40?/m1/s1. The van der Waals surface area contributed by atoms with E-state index in [1.54, 1.807) is 34.1 Å². The molecule has 7 atom stereocenters. The second-order valence-electron chi connectivity index (χ2n) is 13.2. The lowest BCUT2D eigenvalue weighted by Crippen LogP contribution is -2.58. The van der Waals surface area contributed by atoms with Gasteiger partial charge in [0.05, 0.1) is 37.2 Å². The smallest absolute Gasteiger partial charge is 0.253 e. The van der Waals surface area contributed by atoms with E-state index in [9.17, 15) is 9.90 Å². The van der Waals surface area contributed by atoms with Gasteiger partial charge in [0, 0.05) is 29.3 Å². The molecule has 3 heterocycles. The molecular formula is C40H44BrN3O6. The average molecular weight is 743 g/mol. The number of carbonyl (C=O) groups excluding carboxylic acids is 3. The molecule has 3 amide bonds. The number of aliphatic hydroxyl groups is 1. The van der Waals surface area contributed by atoms with Gasteiger partial charge in [0.2, 0.25) is 11.8 Å². The van der Waals surface area contributed by atoms with Crippen LogP contribution in [0.3, 0.4) is 0 Å². The third kappa shape index (κ3) is 5.87. The summed E-state index contributed by atoms with van der Waals surface area (Å²) in [6.45, 7) is 14.1. The van der Waals surface area contributed by atoms with Crippen molar-refractivity contribution in [3.8, 4) is 5.75 Å². The van der Waals surface area contributed by atoms with Crippen molar-refractivity contribution < 1.29 is 29.0 Å². The molecule has 9 nitrogen and oxygen atoms in total. The summed E-state index contributed by atoms with van der Waals surface area (Å²) in [6.07, 6.45) is 2.98. The number of nitrogens with zero attached hydrogens (tertiary/aromatic N) is 3. The average Bonchev–Trinajstić information content (AvgIpc) is 3.71. The Morgan fingerprint density at radius 1 is 1.00 bits per heavy atom. The number of fused-ring (bicyclic) bond motifs is 1. The van der Waals surface area contributed by atoms with Gasteiger partial charge in [-0.05, 0) is 68.1 Å². The van der Waals surface area contributed by atoms with Crippen molar-refractivity contribution in [2.45, 2.75) is 55.8 Å². The predicted molar refractivity (Wildman–Crippen MR) is 197 cm³/mol. The van der Waals surface area contributed by atoms with Crippen molar-refractivity contribution in [2.24, 2.45) is 11.8 Å². The van der Waals surface area contributed by atoms with Crippen LogP contribution < -0.4 is 14.5 Å². The first-order chi connectivity index (χ1) is 24.1. The minimum absolute atomic E-state index is 0.188. The summed E-state index contributed by atoms with van der Waals surface area (Å²) >= 11 is 3.81. The number of alkyl halides is 1. The van der Waals surface area contributed by atoms with Crippen molar-refractivity contribution in [3.05, 3.63) is 115 Å². The number of rotatable bonds is 13. The first-order valence-electron chi connectivity index (χ1n) is 17.1. The second kappa shape index (κ2) is 14.5. The van der Waals surface area contributed by atoms with Gasteiger partial charge >= 0.3 is 0 Å². The Morgan fingerprint density at radius 2 is 1.64 bits per heavy atom. The van der Waals surface area contributed by atoms with Crippen LogP contribution in [0.1, 0.15) is 36.1 Å². The number of ether oxygens (including phenoxy) is 2. The summed E-state index contributed by atoms with van der Waals surface area (Å²) in [6, 6.07) is 20.3. The molecule has 3 saturated heterocycles. The molecule has 3 aromatic carbocycles. The Labute approximate surface area is 302 Å². The van der Waals surface area contributed by atoms with E-state index in [2.05, 4.69) is 29.1 Å². The molecule has 0 aliphatic carbocycles. The lowest BCUT2D eigenvalue weighted by Gasteiger charge is -2.40. The van der Waals surface area contributed by atoms with E-state index in [1.807, 2.05) is 81.4 Å². The topological polar surface area (TPSA) is 99.6 Å². The van der Waals surface area contributed by atoms with E-state index < -0.39 is 48.1 Å². The number of aryl methyl sites for hydroxylation is 2. The number of amides is 3. The van der Waals surface area contributed by atoms with Crippen molar-refractivity contribution in [2.75, 3.05) is 36.1 Å². The van der Waals surface area contributed by atoms with E-state index in [4.69, 9.17) is 9.47 Å². The number of hydrogen-bond acceptors (Lipinski definition) is 6. The van der Waals surface area contributed by atoms with Crippen LogP contribution in [0.5, 0.6) is 5.75 Å². The summed E-state index contributed by atoms with van der Waals surface area (Å²) in [7, 11) is 0. The van der Waals surface area contributed by atoms with Crippen molar-refractivity contribution in [1.82, 2.24) is 4.90 Å². The molecule has 3 fully saturated rings. The number of anilines is 2. The van der Waals surface area contributed by atoms with Crippen molar-refractivity contribution in [3.63, 3.8) is 0 Å². The van der Waals surface area contributed by atoms with Gasteiger partial charge in [-0.25, -0.2) is 0 Å². The van der Waals surface area contributed by atoms with Gasteiger partial charge in [-0.2, -0.15) is 0 Å². The van der Waals surface area contributed by atoms with Crippen LogP contribution in [0.4, 0.5) is 11.4 Å². The van der Waals surface area contributed by atoms with Crippen molar-refractivity contribution in [1.29, 1.82) is 0 Å². The molecule has 50 heavy (non-hydrogen) atoms. The largest absolute Gasteiger partial charge is 0.494 e. The molecule has 0 saturated carbocycles. The van der Waals surface area contributed by atoms with Crippen LogP contribution in [0.25, 0.3) is 0 Å². The number of aliphatic hydroxyl groups excluding tert-OH is 1. The van der Waals surface area contributed by atoms with Crippen LogP contribution in [0.15, 0.2) is 98.1 Å². The zero-order valence-corrected chi connectivity index (χ0v) is 30.3. The zero-order valence-electron chi connectivity index (χ0n) is 28.7. The van der Waals surface area contributed by atoms with Gasteiger partial charge in [0.1, 0.15) is 17.4 Å². The fourth-order valence-corrected chi connectivity index (χ4v) is 9.26. The number of benzene rings is 3. The molecule has 3 aromatic rings. The summed E-state index contributed by atoms with van der Waals surface area (Å²) in [4.78, 5) is 49.7. The molecule has 262 valence electrons. The third-order valence-electron chi connectivity index (χ3n) is 10.3. The number of halogens is 1. The maximum absolute atomic E-state index is 15.3. The van der Waals surface area contributed by atoms with Gasteiger partial charge in [0.25, 0.3) is 5.91 Å². The molecule has 10 heteroatoms. The molecule has 3 aliphatic heterocycles. The Hall–Kier alpha value is -4.25.